The van der Waals surface area contributed by atoms with Gasteiger partial charge < -0.3 is 20.2 Å². The summed E-state index contributed by atoms with van der Waals surface area (Å²) < 4.78 is 0. The zero-order chi connectivity index (χ0) is 15.6. The number of urea groups is 1. The third-order valence-electron chi connectivity index (χ3n) is 4.48. The maximum absolute atomic E-state index is 12.3. The molecule has 6 heteroatoms. The largest absolute Gasteiger partial charge is 0.480 e. The van der Waals surface area contributed by atoms with Crippen LogP contribution in [0.25, 0.3) is 0 Å². The molecule has 0 aliphatic carbocycles. The summed E-state index contributed by atoms with van der Waals surface area (Å²) in [7, 11) is 3.91. The molecular weight excluding hydrogens is 258 g/mol. The van der Waals surface area contributed by atoms with Crippen LogP contribution in [0.1, 0.15) is 40.0 Å². The molecule has 1 heterocycles. The number of carboxylic acid groups (broad SMARTS) is 1. The van der Waals surface area contributed by atoms with Crippen molar-refractivity contribution < 1.29 is 14.7 Å². The second-order valence-corrected chi connectivity index (χ2v) is 6.55. The van der Waals surface area contributed by atoms with Gasteiger partial charge in [0.2, 0.25) is 0 Å². The first-order chi connectivity index (χ1) is 9.11. The summed E-state index contributed by atoms with van der Waals surface area (Å²) in [5, 5.41) is 12.3. The highest BCUT2D eigenvalue weighted by molar-refractivity contribution is 5.86. The minimum absolute atomic E-state index is 0.176. The Morgan fingerprint density at radius 3 is 2.45 bits per heavy atom. The predicted molar refractivity (Wildman–Crippen MR) is 77.8 cm³/mol. The van der Waals surface area contributed by atoms with E-state index in [9.17, 15) is 14.7 Å². The van der Waals surface area contributed by atoms with E-state index >= 15 is 0 Å². The molecule has 0 aromatic rings. The Kier molecular flexibility index (Phi) is 5.02. The average molecular weight is 285 g/mol. The number of piperidine rings is 1. The second-order valence-electron chi connectivity index (χ2n) is 6.55. The van der Waals surface area contributed by atoms with E-state index in [-0.39, 0.29) is 11.6 Å². The molecule has 1 atom stereocenters. The topological polar surface area (TPSA) is 72.9 Å². The van der Waals surface area contributed by atoms with Crippen molar-refractivity contribution in [2.24, 2.45) is 0 Å². The normalized spacial score (nSPS) is 23.8. The number of hydrogen-bond donors (Lipinski definition) is 2. The Labute approximate surface area is 121 Å². The number of nitrogens with zero attached hydrogens (tertiary/aromatic N) is 2. The van der Waals surface area contributed by atoms with Gasteiger partial charge in [0.15, 0.2) is 0 Å². The standard InChI is InChI=1S/C14H27N3O3/c1-13(2,16(4)5)10-15-12(20)17-9-7-6-8-14(17,3)11(18)19/h6-10H2,1-5H3,(H,15,20)(H,18,19). The van der Waals surface area contributed by atoms with Gasteiger partial charge in [-0.1, -0.05) is 0 Å². The van der Waals surface area contributed by atoms with Gasteiger partial charge in [-0.15, -0.1) is 0 Å². The molecule has 1 saturated heterocycles. The molecule has 2 N–H and O–H groups in total. The molecule has 0 spiro atoms. The van der Waals surface area contributed by atoms with E-state index in [4.69, 9.17) is 0 Å². The number of likely N-dealkylation sites (tertiary alicyclic amines) is 1. The van der Waals surface area contributed by atoms with Crippen LogP contribution in [0, 0.1) is 0 Å². The minimum atomic E-state index is -1.09. The van der Waals surface area contributed by atoms with Crippen molar-refractivity contribution in [2.45, 2.75) is 51.1 Å². The number of carbonyl (C=O) groups is 2. The first-order valence-corrected chi connectivity index (χ1v) is 7.07. The average Bonchev–Trinajstić information content (AvgIpc) is 2.36. The molecule has 1 aliphatic rings. The lowest BCUT2D eigenvalue weighted by Gasteiger charge is -2.42. The van der Waals surface area contributed by atoms with Gasteiger partial charge in [0.05, 0.1) is 0 Å². The third-order valence-corrected chi connectivity index (χ3v) is 4.48. The van der Waals surface area contributed by atoms with Gasteiger partial charge in [-0.05, 0) is 54.1 Å². The summed E-state index contributed by atoms with van der Waals surface area (Å²) in [6.45, 7) is 6.66. The van der Waals surface area contributed by atoms with E-state index in [2.05, 4.69) is 5.32 Å². The Balaban J connectivity index is 2.73. The maximum atomic E-state index is 12.3. The zero-order valence-corrected chi connectivity index (χ0v) is 13.2. The fourth-order valence-corrected chi connectivity index (χ4v) is 2.21. The van der Waals surface area contributed by atoms with E-state index in [1.807, 2.05) is 32.8 Å². The van der Waals surface area contributed by atoms with Crippen molar-refractivity contribution in [3.05, 3.63) is 0 Å². The fraction of sp³-hybridized carbons (Fsp3) is 0.857. The van der Waals surface area contributed by atoms with E-state index in [0.29, 0.717) is 19.5 Å². The van der Waals surface area contributed by atoms with Gasteiger partial charge in [0.1, 0.15) is 5.54 Å². The number of rotatable bonds is 4. The predicted octanol–water partition coefficient (Wildman–Crippen LogP) is 1.37. The lowest BCUT2D eigenvalue weighted by atomic mass is 9.89. The second kappa shape index (κ2) is 5.99. The number of carboxylic acids is 1. The number of hydrogen-bond acceptors (Lipinski definition) is 3. The van der Waals surface area contributed by atoms with Crippen LogP contribution in [0.5, 0.6) is 0 Å². The van der Waals surface area contributed by atoms with Crippen LogP contribution in [-0.2, 0) is 4.79 Å². The molecule has 0 radical (unpaired) electrons. The zero-order valence-electron chi connectivity index (χ0n) is 13.2. The van der Waals surface area contributed by atoms with Gasteiger partial charge >= 0.3 is 12.0 Å². The van der Waals surface area contributed by atoms with E-state index in [1.54, 1.807) is 6.92 Å². The van der Waals surface area contributed by atoms with Crippen molar-refractivity contribution in [2.75, 3.05) is 27.2 Å². The molecule has 6 nitrogen and oxygen atoms in total. The SMILES string of the molecule is CN(C)C(C)(C)CNC(=O)N1CCCCC1(C)C(=O)O. The third kappa shape index (κ3) is 3.42. The highest BCUT2D eigenvalue weighted by Crippen LogP contribution is 2.28. The van der Waals surface area contributed by atoms with Crippen molar-refractivity contribution in [1.82, 2.24) is 15.1 Å². The smallest absolute Gasteiger partial charge is 0.329 e. The fourth-order valence-electron chi connectivity index (χ4n) is 2.21. The Morgan fingerprint density at radius 2 is 1.95 bits per heavy atom. The molecule has 116 valence electrons. The molecule has 2 amide bonds. The van der Waals surface area contributed by atoms with Crippen molar-refractivity contribution in [1.29, 1.82) is 0 Å². The summed E-state index contributed by atoms with van der Waals surface area (Å²) in [6.07, 6.45) is 2.20. The summed E-state index contributed by atoms with van der Waals surface area (Å²) in [5.74, 6) is -0.931. The Morgan fingerprint density at radius 1 is 1.35 bits per heavy atom. The minimum Gasteiger partial charge on any atom is -0.480 e. The lowest BCUT2D eigenvalue weighted by molar-refractivity contribution is -0.150. The number of aliphatic carboxylic acids is 1. The van der Waals surface area contributed by atoms with Crippen LogP contribution in [0.2, 0.25) is 0 Å². The highest BCUT2D eigenvalue weighted by atomic mass is 16.4. The van der Waals surface area contributed by atoms with Gasteiger partial charge in [-0.3, -0.25) is 0 Å². The molecule has 0 aromatic carbocycles. The van der Waals surface area contributed by atoms with Crippen molar-refractivity contribution in [3.63, 3.8) is 0 Å². The summed E-state index contributed by atoms with van der Waals surface area (Å²) in [5.41, 5.74) is -1.27. The number of likely N-dealkylation sites (N-methyl/N-ethyl adjacent to an activating group) is 1. The first kappa shape index (κ1) is 16.8. The lowest BCUT2D eigenvalue weighted by Crippen LogP contribution is -2.61. The highest BCUT2D eigenvalue weighted by Gasteiger charge is 2.44. The molecular formula is C14H27N3O3. The van der Waals surface area contributed by atoms with Crippen LogP contribution >= 0.6 is 0 Å². The first-order valence-electron chi connectivity index (χ1n) is 7.07. The maximum Gasteiger partial charge on any atom is 0.329 e. The molecule has 0 bridgehead atoms. The summed E-state index contributed by atoms with van der Waals surface area (Å²) in [4.78, 5) is 27.3. The molecule has 1 rings (SSSR count). The van der Waals surface area contributed by atoms with Gasteiger partial charge in [-0.2, -0.15) is 0 Å². The molecule has 1 unspecified atom stereocenters. The number of amides is 2. The van der Waals surface area contributed by atoms with Crippen molar-refractivity contribution >= 4 is 12.0 Å². The quantitative estimate of drug-likeness (QED) is 0.818. The Bertz CT molecular complexity index is 382. The van der Waals surface area contributed by atoms with Crippen molar-refractivity contribution in [3.8, 4) is 0 Å². The van der Waals surface area contributed by atoms with Crippen LogP contribution in [0.3, 0.4) is 0 Å². The summed E-state index contributed by atoms with van der Waals surface area (Å²) >= 11 is 0. The Hall–Kier alpha value is -1.30. The molecule has 0 aromatic heterocycles. The molecule has 1 fully saturated rings. The van der Waals surface area contributed by atoms with E-state index in [1.165, 1.54) is 4.90 Å². The monoisotopic (exact) mass is 285 g/mol. The van der Waals surface area contributed by atoms with Gasteiger partial charge in [0.25, 0.3) is 0 Å². The van der Waals surface area contributed by atoms with Gasteiger partial charge in [0, 0.05) is 18.6 Å². The molecule has 0 saturated carbocycles. The number of carbonyl (C=O) groups excluding carboxylic acids is 1. The van der Waals surface area contributed by atoms with E-state index < -0.39 is 11.5 Å². The summed E-state index contributed by atoms with van der Waals surface area (Å²) in [6, 6.07) is -0.287. The van der Waals surface area contributed by atoms with Crippen LogP contribution in [0.15, 0.2) is 0 Å². The van der Waals surface area contributed by atoms with Crippen LogP contribution in [-0.4, -0.2) is 65.2 Å². The molecule has 20 heavy (non-hydrogen) atoms. The number of nitrogens with one attached hydrogen (secondary N) is 1. The van der Waals surface area contributed by atoms with E-state index in [0.717, 1.165) is 12.8 Å². The van der Waals surface area contributed by atoms with Crippen LogP contribution < -0.4 is 5.32 Å². The van der Waals surface area contributed by atoms with Crippen LogP contribution in [0.4, 0.5) is 4.79 Å². The van der Waals surface area contributed by atoms with Gasteiger partial charge in [-0.25, -0.2) is 9.59 Å². The molecule has 1 aliphatic heterocycles.